The van der Waals surface area contributed by atoms with Crippen LogP contribution in [0.1, 0.15) is 18.9 Å². The quantitative estimate of drug-likeness (QED) is 0.773. The largest absolute Gasteiger partial charge is 0.265 e. The molecule has 0 bridgehead atoms. The summed E-state index contributed by atoms with van der Waals surface area (Å²) in [5.41, 5.74) is 2.67. The summed E-state index contributed by atoms with van der Waals surface area (Å²) < 4.78 is 0. The standard InChI is InChI=1S/C14H15NS/c1-12-3-2-4-14(6-5-12)16-11-13-7-9-15-10-8-13/h3-10H,2,11H2,1H3. The van der Waals surface area contributed by atoms with Crippen molar-refractivity contribution in [2.24, 2.45) is 0 Å². The zero-order valence-electron chi connectivity index (χ0n) is 9.39. The lowest BCUT2D eigenvalue weighted by Gasteiger charge is -2.01. The van der Waals surface area contributed by atoms with E-state index in [0.717, 1.165) is 12.2 Å². The third-order valence-corrected chi connectivity index (χ3v) is 3.54. The molecule has 0 amide bonds. The van der Waals surface area contributed by atoms with E-state index in [4.69, 9.17) is 0 Å². The lowest BCUT2D eigenvalue weighted by atomic mass is 10.2. The monoisotopic (exact) mass is 229 g/mol. The van der Waals surface area contributed by atoms with Crippen LogP contribution in [0.3, 0.4) is 0 Å². The maximum Gasteiger partial charge on any atom is 0.0270 e. The summed E-state index contributed by atoms with van der Waals surface area (Å²) in [6.07, 6.45) is 13.6. The second-order valence-electron chi connectivity index (χ2n) is 3.77. The molecule has 0 aromatic carbocycles. The van der Waals surface area contributed by atoms with Crippen molar-refractivity contribution in [1.82, 2.24) is 4.98 Å². The van der Waals surface area contributed by atoms with Gasteiger partial charge in [0.25, 0.3) is 0 Å². The average molecular weight is 229 g/mol. The topological polar surface area (TPSA) is 12.9 Å². The predicted octanol–water partition coefficient (Wildman–Crippen LogP) is 4.10. The smallest absolute Gasteiger partial charge is 0.0270 e. The normalized spacial score (nSPS) is 15.3. The van der Waals surface area contributed by atoms with Gasteiger partial charge in [0.1, 0.15) is 0 Å². The molecule has 0 unspecified atom stereocenters. The first kappa shape index (κ1) is 11.2. The van der Waals surface area contributed by atoms with Crippen LogP contribution in [0.2, 0.25) is 0 Å². The fraction of sp³-hybridized carbons (Fsp3) is 0.214. The van der Waals surface area contributed by atoms with E-state index in [1.807, 2.05) is 24.2 Å². The molecule has 0 spiro atoms. The van der Waals surface area contributed by atoms with Gasteiger partial charge in [-0.25, -0.2) is 0 Å². The lowest BCUT2D eigenvalue weighted by molar-refractivity contribution is 1.27. The molecule has 1 aliphatic carbocycles. The molecular formula is C14H15NS. The Morgan fingerprint density at radius 3 is 2.81 bits per heavy atom. The summed E-state index contributed by atoms with van der Waals surface area (Å²) >= 11 is 1.88. The SMILES string of the molecule is CC1=CCC=C(SCc2ccncc2)C=C1. The Kier molecular flexibility index (Phi) is 4.00. The number of hydrogen-bond acceptors (Lipinski definition) is 2. The van der Waals surface area contributed by atoms with Crippen LogP contribution in [0, 0.1) is 0 Å². The van der Waals surface area contributed by atoms with E-state index in [-0.39, 0.29) is 0 Å². The van der Waals surface area contributed by atoms with Gasteiger partial charge in [0.05, 0.1) is 0 Å². The van der Waals surface area contributed by atoms with Gasteiger partial charge in [-0.15, -0.1) is 11.8 Å². The predicted molar refractivity (Wildman–Crippen MR) is 71.1 cm³/mol. The maximum absolute atomic E-state index is 4.02. The van der Waals surface area contributed by atoms with Crippen LogP contribution in [-0.2, 0) is 5.75 Å². The summed E-state index contributed by atoms with van der Waals surface area (Å²) in [4.78, 5) is 5.37. The highest BCUT2D eigenvalue weighted by Crippen LogP contribution is 2.24. The molecule has 2 heteroatoms. The third kappa shape index (κ3) is 3.38. The molecule has 82 valence electrons. The Hall–Kier alpha value is -1.28. The summed E-state index contributed by atoms with van der Waals surface area (Å²) in [5, 5.41) is 0. The number of aromatic nitrogens is 1. The van der Waals surface area contributed by atoms with E-state index in [9.17, 15) is 0 Å². The first-order valence-corrected chi connectivity index (χ1v) is 6.40. The number of rotatable bonds is 3. The molecular weight excluding hydrogens is 214 g/mol. The summed E-state index contributed by atoms with van der Waals surface area (Å²) in [5.74, 6) is 1.01. The number of allylic oxidation sites excluding steroid dienone is 5. The Labute approximate surface area is 101 Å². The minimum atomic E-state index is 1.01. The highest BCUT2D eigenvalue weighted by molar-refractivity contribution is 8.02. The van der Waals surface area contributed by atoms with Crippen LogP contribution in [0.25, 0.3) is 0 Å². The molecule has 0 saturated heterocycles. The highest BCUT2D eigenvalue weighted by atomic mass is 32.2. The number of hydrogen-bond donors (Lipinski definition) is 0. The van der Waals surface area contributed by atoms with E-state index in [2.05, 4.69) is 48.3 Å². The van der Waals surface area contributed by atoms with Crippen molar-refractivity contribution >= 4 is 11.8 Å². The molecule has 0 aliphatic heterocycles. The fourth-order valence-electron chi connectivity index (χ4n) is 1.46. The van der Waals surface area contributed by atoms with Gasteiger partial charge in [0, 0.05) is 23.1 Å². The van der Waals surface area contributed by atoms with E-state index < -0.39 is 0 Å². The van der Waals surface area contributed by atoms with Crippen molar-refractivity contribution in [3.05, 3.63) is 64.9 Å². The zero-order valence-corrected chi connectivity index (χ0v) is 10.2. The zero-order chi connectivity index (χ0) is 11.2. The van der Waals surface area contributed by atoms with Gasteiger partial charge >= 0.3 is 0 Å². The van der Waals surface area contributed by atoms with Crippen molar-refractivity contribution < 1.29 is 0 Å². The number of pyridine rings is 1. The van der Waals surface area contributed by atoms with E-state index in [0.29, 0.717) is 0 Å². The molecule has 0 fully saturated rings. The average Bonchev–Trinajstić information content (AvgIpc) is 2.53. The van der Waals surface area contributed by atoms with Gasteiger partial charge in [-0.3, -0.25) is 4.98 Å². The first-order valence-electron chi connectivity index (χ1n) is 5.41. The Balaban J connectivity index is 1.92. The molecule has 0 radical (unpaired) electrons. The van der Waals surface area contributed by atoms with E-state index in [1.54, 1.807) is 0 Å². The molecule has 2 rings (SSSR count). The molecule has 16 heavy (non-hydrogen) atoms. The van der Waals surface area contributed by atoms with Gasteiger partial charge in [-0.2, -0.15) is 0 Å². The fourth-order valence-corrected chi connectivity index (χ4v) is 2.37. The van der Waals surface area contributed by atoms with Crippen LogP contribution >= 0.6 is 11.8 Å². The van der Waals surface area contributed by atoms with Crippen molar-refractivity contribution in [2.45, 2.75) is 19.1 Å². The number of thioether (sulfide) groups is 1. The van der Waals surface area contributed by atoms with Gasteiger partial charge in [0.15, 0.2) is 0 Å². The number of nitrogens with zero attached hydrogens (tertiary/aromatic N) is 1. The van der Waals surface area contributed by atoms with Gasteiger partial charge in [-0.1, -0.05) is 23.8 Å². The van der Waals surface area contributed by atoms with E-state index in [1.165, 1.54) is 16.0 Å². The van der Waals surface area contributed by atoms with Crippen LogP contribution in [-0.4, -0.2) is 4.98 Å². The molecule has 0 saturated carbocycles. The molecule has 1 aromatic heterocycles. The van der Waals surface area contributed by atoms with Gasteiger partial charge in [0.2, 0.25) is 0 Å². The molecule has 1 aromatic rings. The van der Waals surface area contributed by atoms with Crippen molar-refractivity contribution in [3.63, 3.8) is 0 Å². The minimum absolute atomic E-state index is 1.01. The van der Waals surface area contributed by atoms with Crippen LogP contribution in [0.15, 0.2) is 59.3 Å². The molecule has 0 atom stereocenters. The van der Waals surface area contributed by atoms with Crippen molar-refractivity contribution in [2.75, 3.05) is 0 Å². The summed E-state index contributed by atoms with van der Waals surface area (Å²) in [6, 6.07) is 4.13. The van der Waals surface area contributed by atoms with Crippen molar-refractivity contribution in [1.29, 1.82) is 0 Å². The Morgan fingerprint density at radius 2 is 2.00 bits per heavy atom. The highest BCUT2D eigenvalue weighted by Gasteiger charge is 1.98. The van der Waals surface area contributed by atoms with Crippen LogP contribution < -0.4 is 0 Å². The Bertz CT molecular complexity index is 429. The molecule has 1 heterocycles. The van der Waals surface area contributed by atoms with Gasteiger partial charge in [-0.05, 0) is 37.1 Å². The van der Waals surface area contributed by atoms with E-state index >= 15 is 0 Å². The van der Waals surface area contributed by atoms with Crippen LogP contribution in [0.4, 0.5) is 0 Å². The second kappa shape index (κ2) is 5.71. The first-order chi connectivity index (χ1) is 7.84. The molecule has 1 aliphatic rings. The second-order valence-corrected chi connectivity index (χ2v) is 4.82. The Morgan fingerprint density at radius 1 is 1.19 bits per heavy atom. The summed E-state index contributed by atoms with van der Waals surface area (Å²) in [7, 11) is 0. The third-order valence-electron chi connectivity index (χ3n) is 2.42. The van der Waals surface area contributed by atoms with Crippen molar-refractivity contribution in [3.8, 4) is 0 Å². The van der Waals surface area contributed by atoms with Gasteiger partial charge < -0.3 is 0 Å². The lowest BCUT2D eigenvalue weighted by Crippen LogP contribution is -1.81. The maximum atomic E-state index is 4.02. The summed E-state index contributed by atoms with van der Waals surface area (Å²) in [6.45, 7) is 2.14. The minimum Gasteiger partial charge on any atom is -0.265 e. The molecule has 0 N–H and O–H groups in total. The molecule has 1 nitrogen and oxygen atoms in total. The van der Waals surface area contributed by atoms with Crippen LogP contribution in [0.5, 0.6) is 0 Å².